The number of benzene rings is 3. The van der Waals surface area contributed by atoms with Crippen molar-refractivity contribution >= 4 is 39.4 Å². The maximum Gasteiger partial charge on any atom is 0.339 e. The lowest BCUT2D eigenvalue weighted by atomic mass is 10.1. The maximum atomic E-state index is 12.7. The molecule has 3 rings (SSSR count). The second-order valence-corrected chi connectivity index (χ2v) is 9.19. The van der Waals surface area contributed by atoms with Gasteiger partial charge in [-0.15, -0.1) is 0 Å². The molecule has 0 aliphatic carbocycles. The number of nitriles is 1. The van der Waals surface area contributed by atoms with E-state index in [1.807, 2.05) is 13.0 Å². The van der Waals surface area contributed by atoms with E-state index in [-0.39, 0.29) is 28.6 Å². The number of halogens is 1. The predicted octanol–water partition coefficient (Wildman–Crippen LogP) is 5.45. The molecule has 0 radical (unpaired) electrons. The summed E-state index contributed by atoms with van der Waals surface area (Å²) in [4.78, 5) is 12.6. The zero-order valence-electron chi connectivity index (χ0n) is 19.5. The smallest absolute Gasteiger partial charge is 0.339 e. The third-order valence-corrected chi connectivity index (χ3v) is 6.17. The van der Waals surface area contributed by atoms with Crippen molar-refractivity contribution in [1.29, 1.82) is 5.26 Å². The summed E-state index contributed by atoms with van der Waals surface area (Å²) in [5.41, 5.74) is 0.776. The van der Waals surface area contributed by atoms with Crippen LogP contribution in [0.5, 0.6) is 17.2 Å². The second kappa shape index (κ2) is 12.1. The van der Waals surface area contributed by atoms with Crippen molar-refractivity contribution in [3.8, 4) is 23.3 Å². The lowest BCUT2D eigenvalue weighted by molar-refractivity contribution is -0.112. The monoisotopic (exact) mass is 526 g/mol. The number of nitrogens with one attached hydrogen (secondary N) is 1. The van der Waals surface area contributed by atoms with E-state index in [4.69, 9.17) is 25.3 Å². The van der Waals surface area contributed by atoms with Crippen molar-refractivity contribution < 1.29 is 26.9 Å². The lowest BCUT2D eigenvalue weighted by Crippen LogP contribution is -2.13. The number of carbonyl (C=O) groups excluding carboxylic acids is 1. The van der Waals surface area contributed by atoms with E-state index >= 15 is 0 Å². The van der Waals surface area contributed by atoms with Gasteiger partial charge in [-0.1, -0.05) is 17.7 Å². The van der Waals surface area contributed by atoms with Crippen molar-refractivity contribution in [2.75, 3.05) is 18.5 Å². The van der Waals surface area contributed by atoms with Crippen molar-refractivity contribution in [1.82, 2.24) is 0 Å². The Morgan fingerprint density at radius 3 is 2.25 bits per heavy atom. The van der Waals surface area contributed by atoms with E-state index in [1.54, 1.807) is 31.2 Å². The van der Waals surface area contributed by atoms with E-state index in [1.165, 1.54) is 48.5 Å². The molecule has 0 saturated heterocycles. The number of hydrogen-bond acceptors (Lipinski definition) is 7. The minimum Gasteiger partial charge on any atom is -0.494 e. The lowest BCUT2D eigenvalue weighted by Gasteiger charge is -2.13. The summed E-state index contributed by atoms with van der Waals surface area (Å²) in [6.07, 6.45) is 1.36. The molecule has 3 aromatic rings. The fourth-order valence-corrected chi connectivity index (χ4v) is 4.10. The normalized spacial score (nSPS) is 11.3. The summed E-state index contributed by atoms with van der Waals surface area (Å²) in [7, 11) is -4.15. The van der Waals surface area contributed by atoms with Gasteiger partial charge in [0.25, 0.3) is 5.91 Å². The first-order valence-electron chi connectivity index (χ1n) is 10.9. The molecular weight excluding hydrogens is 504 g/mol. The molecule has 1 N–H and O–H groups in total. The van der Waals surface area contributed by atoms with Crippen molar-refractivity contribution in [2.45, 2.75) is 18.7 Å². The average molecular weight is 527 g/mol. The first kappa shape index (κ1) is 26.6. The molecular formula is C26H23ClN2O6S. The van der Waals surface area contributed by atoms with Gasteiger partial charge in [-0.05, 0) is 86.2 Å². The minimum absolute atomic E-state index is 0.0405. The number of rotatable bonds is 10. The van der Waals surface area contributed by atoms with Crippen molar-refractivity contribution in [3.05, 3.63) is 82.9 Å². The van der Waals surface area contributed by atoms with Gasteiger partial charge >= 0.3 is 10.1 Å². The van der Waals surface area contributed by atoms with Crippen LogP contribution in [0.3, 0.4) is 0 Å². The third-order valence-electron chi connectivity index (χ3n) is 4.67. The van der Waals surface area contributed by atoms with Crippen LogP contribution in [0.25, 0.3) is 6.08 Å². The summed E-state index contributed by atoms with van der Waals surface area (Å²) < 4.78 is 41.5. The Balaban J connectivity index is 1.82. The van der Waals surface area contributed by atoms with Crippen LogP contribution in [0.4, 0.5) is 5.69 Å². The molecule has 36 heavy (non-hydrogen) atoms. The van der Waals surface area contributed by atoms with Crippen molar-refractivity contribution in [2.24, 2.45) is 0 Å². The van der Waals surface area contributed by atoms with Gasteiger partial charge in [0.15, 0.2) is 11.5 Å². The molecule has 0 atom stereocenters. The van der Waals surface area contributed by atoms with Crippen LogP contribution < -0.4 is 19.0 Å². The number of amides is 1. The Labute approximate surface area is 214 Å². The predicted molar refractivity (Wildman–Crippen MR) is 137 cm³/mol. The van der Waals surface area contributed by atoms with E-state index in [0.29, 0.717) is 28.6 Å². The highest BCUT2D eigenvalue weighted by Crippen LogP contribution is 2.32. The van der Waals surface area contributed by atoms with Crippen molar-refractivity contribution in [3.63, 3.8) is 0 Å². The molecule has 0 unspecified atom stereocenters. The highest BCUT2D eigenvalue weighted by molar-refractivity contribution is 7.87. The zero-order valence-corrected chi connectivity index (χ0v) is 21.1. The fourth-order valence-electron chi connectivity index (χ4n) is 3.03. The van der Waals surface area contributed by atoms with Gasteiger partial charge in [-0.2, -0.15) is 13.7 Å². The van der Waals surface area contributed by atoms with E-state index in [2.05, 4.69) is 5.32 Å². The van der Waals surface area contributed by atoms with Gasteiger partial charge in [-0.25, -0.2) is 0 Å². The Bertz CT molecular complexity index is 1400. The molecule has 0 fully saturated rings. The summed E-state index contributed by atoms with van der Waals surface area (Å²) in [6.45, 7) is 4.35. The summed E-state index contributed by atoms with van der Waals surface area (Å²) in [5, 5.41) is 12.6. The van der Waals surface area contributed by atoms with Gasteiger partial charge in [0.2, 0.25) is 0 Å². The largest absolute Gasteiger partial charge is 0.494 e. The summed E-state index contributed by atoms with van der Waals surface area (Å²) in [6, 6.07) is 18.6. The van der Waals surface area contributed by atoms with Crippen LogP contribution in [-0.2, 0) is 14.9 Å². The topological polar surface area (TPSA) is 115 Å². The van der Waals surface area contributed by atoms with Gasteiger partial charge in [0.05, 0.1) is 13.2 Å². The van der Waals surface area contributed by atoms with Crippen LogP contribution in [0.15, 0.2) is 77.2 Å². The van der Waals surface area contributed by atoms with Gasteiger partial charge in [-0.3, -0.25) is 4.79 Å². The maximum absolute atomic E-state index is 12.7. The first-order valence-corrected chi connectivity index (χ1v) is 12.7. The Morgan fingerprint density at radius 2 is 1.64 bits per heavy atom. The Morgan fingerprint density at radius 1 is 0.972 bits per heavy atom. The molecule has 10 heteroatoms. The van der Waals surface area contributed by atoms with Crippen LogP contribution in [0.2, 0.25) is 5.02 Å². The van der Waals surface area contributed by atoms with Crippen LogP contribution in [0.1, 0.15) is 19.4 Å². The third kappa shape index (κ3) is 7.01. The highest BCUT2D eigenvalue weighted by Gasteiger charge is 2.20. The molecule has 1 amide bonds. The number of hydrogen-bond donors (Lipinski definition) is 1. The highest BCUT2D eigenvalue weighted by atomic mass is 35.5. The molecule has 0 bridgehead atoms. The Hall–Kier alpha value is -4.00. The SMILES string of the molecule is CCOc1ccc(NC(=O)/C(C#N)=C/c2ccc(OS(=O)(=O)c3ccc(Cl)cc3)c(OCC)c2)cc1. The molecule has 3 aromatic carbocycles. The molecule has 8 nitrogen and oxygen atoms in total. The molecule has 186 valence electrons. The fraction of sp³-hybridized carbons (Fsp3) is 0.154. The number of anilines is 1. The van der Waals surface area contributed by atoms with Gasteiger partial charge in [0.1, 0.15) is 22.3 Å². The minimum atomic E-state index is -4.15. The average Bonchev–Trinajstić information content (AvgIpc) is 2.85. The van der Waals surface area contributed by atoms with Crippen LogP contribution in [-0.4, -0.2) is 27.5 Å². The summed E-state index contributed by atoms with van der Waals surface area (Å²) in [5.74, 6) is 0.148. The van der Waals surface area contributed by atoms with E-state index in [0.717, 1.165) is 0 Å². The summed E-state index contributed by atoms with van der Waals surface area (Å²) >= 11 is 5.83. The molecule has 0 aliphatic rings. The standard InChI is InChI=1S/C26H23ClN2O6S/c1-3-33-22-10-8-21(9-11-22)29-26(30)19(17-28)15-18-5-14-24(25(16-18)34-4-2)35-36(31,32)23-12-6-20(27)7-13-23/h5-16H,3-4H2,1-2H3,(H,29,30)/b19-15+. The molecule has 0 saturated carbocycles. The van der Waals surface area contributed by atoms with E-state index in [9.17, 15) is 18.5 Å². The van der Waals surface area contributed by atoms with Gasteiger partial charge < -0.3 is 19.0 Å². The first-order chi connectivity index (χ1) is 17.2. The second-order valence-electron chi connectivity index (χ2n) is 7.21. The number of nitrogens with zero attached hydrogens (tertiary/aromatic N) is 1. The molecule has 0 aromatic heterocycles. The van der Waals surface area contributed by atoms with E-state index < -0.39 is 16.0 Å². The number of ether oxygens (including phenoxy) is 2. The van der Waals surface area contributed by atoms with Crippen LogP contribution in [0, 0.1) is 11.3 Å². The molecule has 0 heterocycles. The van der Waals surface area contributed by atoms with Gasteiger partial charge in [0, 0.05) is 10.7 Å². The Kier molecular flexibility index (Phi) is 8.95. The molecule has 0 aliphatic heterocycles. The van der Waals surface area contributed by atoms with Crippen LogP contribution >= 0.6 is 11.6 Å². The number of carbonyl (C=O) groups is 1. The molecule has 0 spiro atoms. The quantitative estimate of drug-likeness (QED) is 0.212. The zero-order chi connectivity index (χ0) is 26.1.